The highest BCUT2D eigenvalue weighted by atomic mass is 32.2. The minimum Gasteiger partial charge on any atom is -0.396 e. The van der Waals surface area contributed by atoms with Gasteiger partial charge in [-0.3, -0.25) is 4.99 Å². The molecule has 0 amide bonds. The van der Waals surface area contributed by atoms with Gasteiger partial charge in [0.2, 0.25) is 0 Å². The first-order valence-electron chi connectivity index (χ1n) is 13.6. The van der Waals surface area contributed by atoms with Crippen LogP contribution in [-0.4, -0.2) is 85.2 Å². The molecular weight excluding hydrogens is 500 g/mol. The molecule has 2 aliphatic rings. The van der Waals surface area contributed by atoms with Crippen LogP contribution in [0.3, 0.4) is 0 Å². The standard InChI is InChI=1S/C23H34N6OS.C4H10N2O/c1-24-12-6-14-31-15-19-10-11-20(30-19)29-17-28-21-22(26-16-27-23(21)29)25-13-5-9-18-7-3-2-4-8-18;5-4-6-2-1-3-7/h2-4,7-8,16,19-20,24,28H,5-6,9-15,17H2,1H3,(H,25,26,27);4,7H,1-3H2,(H2,5,6). The van der Waals surface area contributed by atoms with Gasteiger partial charge >= 0.3 is 0 Å². The molecule has 4 rings (SSSR count). The summed E-state index contributed by atoms with van der Waals surface area (Å²) in [5, 5.41) is 18.4. The van der Waals surface area contributed by atoms with Crippen molar-refractivity contribution in [1.29, 1.82) is 0 Å². The van der Waals surface area contributed by atoms with Crippen LogP contribution < -0.4 is 26.6 Å². The topological polar surface area (TPSA) is 133 Å². The molecule has 38 heavy (non-hydrogen) atoms. The molecule has 2 aliphatic heterocycles. The van der Waals surface area contributed by atoms with E-state index in [9.17, 15) is 0 Å². The molecule has 2 atom stereocenters. The number of fused-ring (bicyclic) bond motifs is 1. The van der Waals surface area contributed by atoms with Gasteiger partial charge in [0.05, 0.1) is 19.1 Å². The Bertz CT molecular complexity index is 937. The molecule has 1 saturated heterocycles. The third-order valence-electron chi connectivity index (χ3n) is 6.31. The Kier molecular flexibility index (Phi) is 14.0. The summed E-state index contributed by atoms with van der Waals surface area (Å²) in [6.07, 6.45) is 9.53. The summed E-state index contributed by atoms with van der Waals surface area (Å²) in [6.45, 7) is 3.51. The van der Waals surface area contributed by atoms with Gasteiger partial charge in [-0.05, 0) is 63.4 Å². The van der Waals surface area contributed by atoms with Gasteiger partial charge in [0.1, 0.15) is 18.2 Å². The average Bonchev–Trinajstić information content (AvgIpc) is 3.60. The molecule has 11 heteroatoms. The van der Waals surface area contributed by atoms with Gasteiger partial charge in [-0.2, -0.15) is 11.8 Å². The summed E-state index contributed by atoms with van der Waals surface area (Å²) < 4.78 is 6.36. The van der Waals surface area contributed by atoms with Gasteiger partial charge in [0.25, 0.3) is 0 Å². The molecule has 0 aliphatic carbocycles. The fraction of sp³-hybridized carbons (Fsp3) is 0.593. The van der Waals surface area contributed by atoms with Gasteiger partial charge in [-0.15, -0.1) is 0 Å². The average molecular weight is 545 g/mol. The SMILES string of the molecule is CNCCCSCC1CCC(N2CNc3c(NCCCc4ccccc4)ncnc32)O1.NC=NCCCO. The number of aromatic nitrogens is 2. The number of hydrogen-bond donors (Lipinski definition) is 5. The van der Waals surface area contributed by atoms with Crippen molar-refractivity contribution in [3.05, 3.63) is 42.2 Å². The van der Waals surface area contributed by atoms with E-state index in [4.69, 9.17) is 15.6 Å². The lowest BCUT2D eigenvalue weighted by Crippen LogP contribution is -2.35. The van der Waals surface area contributed by atoms with E-state index in [0.29, 0.717) is 19.1 Å². The van der Waals surface area contributed by atoms with E-state index in [1.807, 2.05) is 18.8 Å². The molecule has 0 radical (unpaired) electrons. The van der Waals surface area contributed by atoms with Crippen LogP contribution in [0.25, 0.3) is 0 Å². The van der Waals surface area contributed by atoms with E-state index in [1.54, 1.807) is 6.33 Å². The third-order valence-corrected chi connectivity index (χ3v) is 7.49. The number of nitrogens with one attached hydrogen (secondary N) is 3. The van der Waals surface area contributed by atoms with E-state index >= 15 is 0 Å². The Morgan fingerprint density at radius 1 is 1.21 bits per heavy atom. The number of aliphatic imine (C=N–C) groups is 1. The van der Waals surface area contributed by atoms with Crippen molar-refractivity contribution < 1.29 is 9.84 Å². The lowest BCUT2D eigenvalue weighted by atomic mass is 10.1. The molecular formula is C27H44N8O2S. The van der Waals surface area contributed by atoms with Crippen molar-refractivity contribution in [2.75, 3.05) is 67.0 Å². The second-order valence-corrected chi connectivity index (χ2v) is 10.3. The summed E-state index contributed by atoms with van der Waals surface area (Å²) in [4.78, 5) is 14.9. The number of nitrogens with zero attached hydrogens (tertiary/aromatic N) is 4. The highest BCUT2D eigenvalue weighted by Gasteiger charge is 2.35. The quantitative estimate of drug-likeness (QED) is 0.129. The molecule has 0 bridgehead atoms. The number of aryl methyl sites for hydroxylation is 1. The highest BCUT2D eigenvalue weighted by Crippen LogP contribution is 2.38. The second-order valence-electron chi connectivity index (χ2n) is 9.20. The number of hydrogen-bond acceptors (Lipinski definition) is 10. The van der Waals surface area contributed by atoms with Gasteiger partial charge in [0, 0.05) is 25.4 Å². The lowest BCUT2D eigenvalue weighted by molar-refractivity contribution is 0.0575. The number of rotatable bonds is 15. The van der Waals surface area contributed by atoms with Crippen LogP contribution in [-0.2, 0) is 11.2 Å². The summed E-state index contributed by atoms with van der Waals surface area (Å²) >= 11 is 2.00. The van der Waals surface area contributed by atoms with Gasteiger partial charge < -0.3 is 36.4 Å². The number of ether oxygens (including phenoxy) is 1. The zero-order chi connectivity index (χ0) is 26.8. The third kappa shape index (κ3) is 9.94. The fourth-order valence-corrected chi connectivity index (χ4v) is 5.38. The normalized spacial score (nSPS) is 18.2. The maximum Gasteiger partial charge on any atom is 0.161 e. The van der Waals surface area contributed by atoms with Crippen LogP contribution in [0.15, 0.2) is 41.7 Å². The molecule has 1 aromatic heterocycles. The molecule has 3 heterocycles. The Labute approximate surface area is 231 Å². The zero-order valence-electron chi connectivity index (χ0n) is 22.5. The predicted octanol–water partition coefficient (Wildman–Crippen LogP) is 2.91. The Morgan fingerprint density at radius 3 is 2.87 bits per heavy atom. The van der Waals surface area contributed by atoms with E-state index in [-0.39, 0.29) is 12.8 Å². The van der Waals surface area contributed by atoms with Crippen LogP contribution in [0, 0.1) is 0 Å². The van der Waals surface area contributed by atoms with Gasteiger partial charge in [0.15, 0.2) is 11.6 Å². The number of thioether (sulfide) groups is 1. The fourth-order valence-electron chi connectivity index (χ4n) is 4.35. The maximum atomic E-state index is 8.18. The predicted molar refractivity (Wildman–Crippen MR) is 159 cm³/mol. The molecule has 0 spiro atoms. The van der Waals surface area contributed by atoms with Crippen LogP contribution >= 0.6 is 11.8 Å². The second kappa shape index (κ2) is 17.8. The maximum absolute atomic E-state index is 8.18. The molecule has 10 nitrogen and oxygen atoms in total. The van der Waals surface area contributed by atoms with Crippen LogP contribution in [0.4, 0.5) is 17.3 Å². The molecule has 210 valence electrons. The van der Waals surface area contributed by atoms with E-state index in [1.165, 1.54) is 24.1 Å². The number of benzene rings is 1. The molecule has 6 N–H and O–H groups in total. The molecule has 2 unspecified atom stereocenters. The first-order chi connectivity index (χ1) is 18.8. The lowest BCUT2D eigenvalue weighted by Gasteiger charge is -2.24. The van der Waals surface area contributed by atoms with Crippen LogP contribution in [0.1, 0.15) is 37.7 Å². The smallest absolute Gasteiger partial charge is 0.161 e. The highest BCUT2D eigenvalue weighted by molar-refractivity contribution is 7.99. The molecule has 0 saturated carbocycles. The minimum atomic E-state index is 0.0949. The minimum absolute atomic E-state index is 0.0949. The Balaban J connectivity index is 0.000000505. The molecule has 2 aromatic rings. The number of anilines is 3. The molecule has 1 fully saturated rings. The van der Waals surface area contributed by atoms with Crippen molar-refractivity contribution in [2.45, 2.75) is 50.9 Å². The summed E-state index contributed by atoms with van der Waals surface area (Å²) in [5.74, 6) is 4.10. The van der Waals surface area contributed by atoms with Crippen molar-refractivity contribution in [1.82, 2.24) is 15.3 Å². The first kappa shape index (κ1) is 29.9. The summed E-state index contributed by atoms with van der Waals surface area (Å²) in [7, 11) is 2.01. The summed E-state index contributed by atoms with van der Waals surface area (Å²) in [6, 6.07) is 10.6. The van der Waals surface area contributed by atoms with E-state index < -0.39 is 0 Å². The van der Waals surface area contributed by atoms with Gasteiger partial charge in [-0.25, -0.2) is 9.97 Å². The van der Waals surface area contributed by atoms with Crippen LogP contribution in [0.2, 0.25) is 0 Å². The van der Waals surface area contributed by atoms with Crippen molar-refractivity contribution in [3.63, 3.8) is 0 Å². The van der Waals surface area contributed by atoms with Crippen molar-refractivity contribution in [3.8, 4) is 0 Å². The van der Waals surface area contributed by atoms with Gasteiger partial charge in [-0.1, -0.05) is 30.3 Å². The Hall–Kier alpha value is -2.60. The number of nitrogens with two attached hydrogens (primary N) is 1. The zero-order valence-corrected chi connectivity index (χ0v) is 23.3. The van der Waals surface area contributed by atoms with E-state index in [0.717, 1.165) is 68.5 Å². The molecule has 1 aromatic carbocycles. The van der Waals surface area contributed by atoms with Crippen molar-refractivity contribution >= 4 is 35.4 Å². The monoisotopic (exact) mass is 544 g/mol. The van der Waals surface area contributed by atoms with Crippen molar-refractivity contribution in [2.24, 2.45) is 10.7 Å². The largest absolute Gasteiger partial charge is 0.396 e. The van der Waals surface area contributed by atoms with Crippen LogP contribution in [0.5, 0.6) is 0 Å². The Morgan fingerprint density at radius 2 is 2.08 bits per heavy atom. The number of aliphatic hydroxyl groups is 1. The summed E-state index contributed by atoms with van der Waals surface area (Å²) in [5.41, 5.74) is 7.26. The number of aliphatic hydroxyl groups excluding tert-OH is 1. The first-order valence-corrected chi connectivity index (χ1v) is 14.7. The van der Waals surface area contributed by atoms with E-state index in [2.05, 4.69) is 66.1 Å².